The Kier molecular flexibility index (Phi) is 4.31. The minimum atomic E-state index is -0.309. The highest BCUT2D eigenvalue weighted by Gasteiger charge is 2.72. The predicted octanol–water partition coefficient (Wildman–Crippen LogP) is 3.22. The minimum absolute atomic E-state index is 0.201. The van der Waals surface area contributed by atoms with E-state index in [1.807, 2.05) is 25.1 Å². The monoisotopic (exact) mass is 356 g/mol. The van der Waals surface area contributed by atoms with Crippen LogP contribution in [0.1, 0.15) is 43.5 Å². The van der Waals surface area contributed by atoms with Gasteiger partial charge in [-0.25, -0.2) is 4.98 Å². The Labute approximate surface area is 152 Å². The smallest absolute Gasteiger partial charge is 0.231 e. The third-order valence-corrected chi connectivity index (χ3v) is 6.64. The zero-order valence-electron chi connectivity index (χ0n) is 14.5. The first kappa shape index (κ1) is 16.6. The van der Waals surface area contributed by atoms with Crippen LogP contribution >= 0.6 is 11.8 Å². The van der Waals surface area contributed by atoms with Gasteiger partial charge in [0, 0.05) is 12.3 Å². The number of aromatic nitrogens is 3. The van der Waals surface area contributed by atoms with Crippen LogP contribution in [-0.2, 0) is 10.2 Å². The molecule has 1 amide bonds. The van der Waals surface area contributed by atoms with Gasteiger partial charge in [-0.3, -0.25) is 9.89 Å². The zero-order valence-corrected chi connectivity index (χ0v) is 15.4. The van der Waals surface area contributed by atoms with Gasteiger partial charge in [0.05, 0.1) is 5.41 Å². The third-order valence-electron chi connectivity index (χ3n) is 5.79. The molecule has 6 heteroatoms. The number of rotatable bonds is 6. The molecule has 1 spiro atoms. The van der Waals surface area contributed by atoms with Crippen LogP contribution in [0.3, 0.4) is 0 Å². The summed E-state index contributed by atoms with van der Waals surface area (Å²) in [6.07, 6.45) is 5.87. The number of nitrogens with zero attached hydrogens (tertiary/aromatic N) is 2. The third kappa shape index (κ3) is 2.86. The minimum Gasteiger partial charge on any atom is -0.354 e. The number of thioether (sulfide) groups is 1. The normalized spacial score (nSPS) is 23.7. The van der Waals surface area contributed by atoms with Crippen molar-refractivity contribution in [3.63, 3.8) is 0 Å². The fraction of sp³-hybridized carbons (Fsp3) is 0.526. The summed E-state index contributed by atoms with van der Waals surface area (Å²) in [5.41, 5.74) is 1.08. The SMILES string of the molecule is Cc1nc(SCCNC(=O)[C@@]2(c3ccccc3)CC23CCCC3)n[nH]1. The van der Waals surface area contributed by atoms with Gasteiger partial charge in [-0.15, -0.1) is 5.10 Å². The van der Waals surface area contributed by atoms with Crippen LogP contribution in [0, 0.1) is 12.3 Å². The van der Waals surface area contributed by atoms with Crippen molar-refractivity contribution >= 4 is 17.7 Å². The number of hydrogen-bond donors (Lipinski definition) is 2. The molecule has 0 saturated heterocycles. The average molecular weight is 356 g/mol. The van der Waals surface area contributed by atoms with Gasteiger partial charge in [0.15, 0.2) is 0 Å². The summed E-state index contributed by atoms with van der Waals surface area (Å²) >= 11 is 1.57. The first-order chi connectivity index (χ1) is 12.2. The second-order valence-electron chi connectivity index (χ2n) is 7.24. The van der Waals surface area contributed by atoms with E-state index in [4.69, 9.17) is 0 Å². The summed E-state index contributed by atoms with van der Waals surface area (Å²) in [7, 11) is 0. The van der Waals surface area contributed by atoms with Crippen LogP contribution in [0.25, 0.3) is 0 Å². The van der Waals surface area contributed by atoms with Crippen molar-refractivity contribution in [1.82, 2.24) is 20.5 Å². The maximum Gasteiger partial charge on any atom is 0.231 e. The molecule has 2 aliphatic carbocycles. The number of H-pyrrole nitrogens is 1. The predicted molar refractivity (Wildman–Crippen MR) is 98.5 cm³/mol. The second-order valence-corrected chi connectivity index (χ2v) is 8.31. The highest BCUT2D eigenvalue weighted by molar-refractivity contribution is 7.99. The van der Waals surface area contributed by atoms with Gasteiger partial charge >= 0.3 is 0 Å². The molecule has 2 aliphatic rings. The van der Waals surface area contributed by atoms with Crippen LogP contribution in [0.2, 0.25) is 0 Å². The van der Waals surface area contributed by atoms with E-state index in [0.717, 1.165) is 23.2 Å². The molecule has 25 heavy (non-hydrogen) atoms. The Balaban J connectivity index is 1.41. The summed E-state index contributed by atoms with van der Waals surface area (Å²) < 4.78 is 0. The van der Waals surface area contributed by atoms with E-state index in [9.17, 15) is 4.79 Å². The van der Waals surface area contributed by atoms with Crippen LogP contribution in [0.4, 0.5) is 0 Å². The van der Waals surface area contributed by atoms with E-state index < -0.39 is 0 Å². The Bertz CT molecular complexity index is 754. The largest absolute Gasteiger partial charge is 0.354 e. The van der Waals surface area contributed by atoms with E-state index in [1.165, 1.54) is 31.2 Å². The molecule has 1 heterocycles. The Morgan fingerprint density at radius 1 is 1.28 bits per heavy atom. The molecule has 132 valence electrons. The van der Waals surface area contributed by atoms with Crippen LogP contribution in [-0.4, -0.2) is 33.4 Å². The summed E-state index contributed by atoms with van der Waals surface area (Å²) in [5, 5.41) is 10.9. The number of benzene rings is 1. The van der Waals surface area contributed by atoms with Gasteiger partial charge < -0.3 is 5.32 Å². The first-order valence-corrected chi connectivity index (χ1v) is 10.0. The molecule has 2 fully saturated rings. The molecule has 1 aromatic carbocycles. The molecule has 0 aliphatic heterocycles. The molecule has 2 saturated carbocycles. The van der Waals surface area contributed by atoms with Gasteiger partial charge in [-0.2, -0.15) is 0 Å². The molecule has 0 bridgehead atoms. The molecule has 2 aromatic rings. The number of aryl methyl sites for hydroxylation is 1. The molecular weight excluding hydrogens is 332 g/mol. The Morgan fingerprint density at radius 3 is 2.72 bits per heavy atom. The van der Waals surface area contributed by atoms with Gasteiger partial charge in [-0.05, 0) is 37.2 Å². The lowest BCUT2D eigenvalue weighted by Crippen LogP contribution is -2.39. The van der Waals surface area contributed by atoms with Crippen molar-refractivity contribution in [2.24, 2.45) is 5.41 Å². The maximum absolute atomic E-state index is 13.1. The molecule has 2 N–H and O–H groups in total. The number of carbonyl (C=O) groups is 1. The number of amides is 1. The van der Waals surface area contributed by atoms with Crippen molar-refractivity contribution in [2.75, 3.05) is 12.3 Å². The first-order valence-electron chi connectivity index (χ1n) is 9.02. The Morgan fingerprint density at radius 2 is 2.04 bits per heavy atom. The van der Waals surface area contributed by atoms with Gasteiger partial charge in [0.1, 0.15) is 5.82 Å². The molecule has 1 atom stereocenters. The summed E-state index contributed by atoms with van der Waals surface area (Å²) in [5.74, 6) is 1.80. The topological polar surface area (TPSA) is 70.7 Å². The van der Waals surface area contributed by atoms with Gasteiger partial charge in [0.25, 0.3) is 0 Å². The number of hydrogen-bond acceptors (Lipinski definition) is 4. The summed E-state index contributed by atoms with van der Waals surface area (Å²) in [4.78, 5) is 17.4. The zero-order chi connectivity index (χ0) is 17.3. The van der Waals surface area contributed by atoms with E-state index in [-0.39, 0.29) is 16.7 Å². The van der Waals surface area contributed by atoms with Crippen molar-refractivity contribution in [1.29, 1.82) is 0 Å². The van der Waals surface area contributed by atoms with Crippen LogP contribution < -0.4 is 5.32 Å². The standard InChI is InChI=1S/C19H24N4OS/c1-14-21-17(23-22-14)25-12-11-20-16(24)19(15-7-3-2-4-8-15)13-18(19)9-5-6-10-18/h2-4,7-8H,5-6,9-13H2,1H3,(H,20,24)(H,21,22,23)/t19-/m0/s1. The number of carbonyl (C=O) groups excluding carboxylic acids is 1. The molecule has 0 radical (unpaired) electrons. The second kappa shape index (κ2) is 6.48. The van der Waals surface area contributed by atoms with E-state index in [0.29, 0.717) is 6.54 Å². The van der Waals surface area contributed by atoms with Crippen LogP contribution in [0.5, 0.6) is 0 Å². The molecule has 1 aromatic heterocycles. The van der Waals surface area contributed by atoms with E-state index in [1.54, 1.807) is 11.8 Å². The van der Waals surface area contributed by atoms with E-state index >= 15 is 0 Å². The summed E-state index contributed by atoms with van der Waals surface area (Å²) in [6, 6.07) is 10.4. The lowest BCUT2D eigenvalue weighted by molar-refractivity contribution is -0.124. The van der Waals surface area contributed by atoms with Gasteiger partial charge in [-0.1, -0.05) is 54.9 Å². The molecule has 0 unspecified atom stereocenters. The quantitative estimate of drug-likeness (QED) is 0.616. The average Bonchev–Trinajstić information content (AvgIpc) is 2.90. The highest BCUT2D eigenvalue weighted by Crippen LogP contribution is 2.72. The van der Waals surface area contributed by atoms with Crippen molar-refractivity contribution in [3.8, 4) is 0 Å². The van der Waals surface area contributed by atoms with E-state index in [2.05, 4.69) is 32.6 Å². The lowest BCUT2D eigenvalue weighted by atomic mass is 9.84. The lowest BCUT2D eigenvalue weighted by Gasteiger charge is -2.22. The highest BCUT2D eigenvalue weighted by atomic mass is 32.2. The number of nitrogens with one attached hydrogen (secondary N) is 2. The number of aromatic amines is 1. The molecular formula is C19H24N4OS. The Hall–Kier alpha value is -1.82. The molecule has 5 nitrogen and oxygen atoms in total. The fourth-order valence-electron chi connectivity index (χ4n) is 4.55. The summed E-state index contributed by atoms with van der Waals surface area (Å²) in [6.45, 7) is 2.53. The van der Waals surface area contributed by atoms with Crippen molar-refractivity contribution in [2.45, 2.75) is 49.6 Å². The fourth-order valence-corrected chi connectivity index (χ4v) is 5.24. The van der Waals surface area contributed by atoms with Crippen LogP contribution in [0.15, 0.2) is 35.5 Å². The molecule has 4 rings (SSSR count). The van der Waals surface area contributed by atoms with Crippen molar-refractivity contribution < 1.29 is 4.79 Å². The van der Waals surface area contributed by atoms with Gasteiger partial charge in [0.2, 0.25) is 11.1 Å². The van der Waals surface area contributed by atoms with Crippen molar-refractivity contribution in [3.05, 3.63) is 41.7 Å². The maximum atomic E-state index is 13.1.